The van der Waals surface area contributed by atoms with Crippen LogP contribution in [0.25, 0.3) is 10.9 Å². The minimum absolute atomic E-state index is 0.292. The first-order chi connectivity index (χ1) is 9.61. The van der Waals surface area contributed by atoms with E-state index >= 15 is 0 Å². The van der Waals surface area contributed by atoms with E-state index in [9.17, 15) is 4.79 Å². The number of carbonyl (C=O) groups excluding carboxylic acids is 1. The van der Waals surface area contributed by atoms with Crippen molar-refractivity contribution in [1.29, 1.82) is 0 Å². The molecule has 0 aliphatic carbocycles. The van der Waals surface area contributed by atoms with Crippen LogP contribution in [0.2, 0.25) is 5.02 Å². The molecule has 0 saturated carbocycles. The normalized spacial score (nSPS) is 11.1. The van der Waals surface area contributed by atoms with E-state index in [0.29, 0.717) is 18.0 Å². The van der Waals surface area contributed by atoms with Crippen LogP contribution in [0.1, 0.15) is 25.3 Å². The van der Waals surface area contributed by atoms with E-state index in [-0.39, 0.29) is 5.91 Å². The van der Waals surface area contributed by atoms with Gasteiger partial charge in [0.05, 0.1) is 0 Å². The van der Waals surface area contributed by atoms with Crippen LogP contribution in [0.15, 0.2) is 24.4 Å². The maximum Gasteiger partial charge on any atom is 0.219 e. The van der Waals surface area contributed by atoms with Crippen LogP contribution in [0.5, 0.6) is 0 Å². The van der Waals surface area contributed by atoms with Crippen molar-refractivity contribution in [2.45, 2.75) is 32.9 Å². The van der Waals surface area contributed by atoms with Gasteiger partial charge in [-0.15, -0.1) is 0 Å². The van der Waals surface area contributed by atoms with E-state index < -0.39 is 0 Å². The maximum atomic E-state index is 11.0. The highest BCUT2D eigenvalue weighted by Gasteiger charge is 2.09. The highest BCUT2D eigenvalue weighted by atomic mass is 35.5. The first kappa shape index (κ1) is 14.9. The number of carbonyl (C=O) groups is 1. The van der Waals surface area contributed by atoms with E-state index in [1.54, 1.807) is 0 Å². The van der Waals surface area contributed by atoms with Crippen LogP contribution < -0.4 is 11.1 Å². The number of aryl methyl sites for hydroxylation is 1. The molecule has 2 rings (SSSR count). The molecule has 2 aromatic rings. The number of amides is 1. The van der Waals surface area contributed by atoms with Crippen LogP contribution in [0, 0.1) is 0 Å². The molecule has 0 aliphatic rings. The summed E-state index contributed by atoms with van der Waals surface area (Å²) in [5, 5.41) is 5.27. The van der Waals surface area contributed by atoms with Gasteiger partial charge in [0.2, 0.25) is 5.91 Å². The molecule has 0 fully saturated rings. The van der Waals surface area contributed by atoms with Gasteiger partial charge >= 0.3 is 0 Å². The lowest BCUT2D eigenvalue weighted by Crippen LogP contribution is -2.14. The number of benzene rings is 1. The number of nitrogens with two attached hydrogens (primary N) is 1. The summed E-state index contributed by atoms with van der Waals surface area (Å²) in [6.07, 6.45) is 3.51. The number of aromatic nitrogens is 1. The average molecular weight is 294 g/mol. The first-order valence-electron chi connectivity index (χ1n) is 6.88. The highest BCUT2D eigenvalue weighted by Crippen LogP contribution is 2.25. The Kier molecular flexibility index (Phi) is 5.04. The second kappa shape index (κ2) is 6.77. The lowest BCUT2D eigenvalue weighted by Gasteiger charge is -2.03. The van der Waals surface area contributed by atoms with E-state index in [1.165, 1.54) is 10.9 Å². The van der Waals surface area contributed by atoms with Gasteiger partial charge in [-0.05, 0) is 30.7 Å². The summed E-state index contributed by atoms with van der Waals surface area (Å²) >= 11 is 6.07. The Labute approximate surface area is 123 Å². The molecule has 0 atom stereocenters. The topological polar surface area (TPSA) is 60.1 Å². The molecule has 1 aromatic carbocycles. The van der Waals surface area contributed by atoms with E-state index in [0.717, 1.165) is 25.0 Å². The van der Waals surface area contributed by atoms with Gasteiger partial charge in [-0.3, -0.25) is 4.79 Å². The van der Waals surface area contributed by atoms with Crippen molar-refractivity contribution in [2.75, 3.05) is 6.54 Å². The molecule has 0 aliphatic heterocycles. The fourth-order valence-corrected chi connectivity index (χ4v) is 2.46. The van der Waals surface area contributed by atoms with Crippen LogP contribution in [0.3, 0.4) is 0 Å². The Balaban J connectivity index is 2.30. The molecule has 3 N–H and O–H groups in total. The Morgan fingerprint density at radius 3 is 2.95 bits per heavy atom. The lowest BCUT2D eigenvalue weighted by molar-refractivity contribution is -0.118. The number of fused-ring (bicyclic) bond motifs is 1. The third-order valence-electron chi connectivity index (χ3n) is 3.27. The van der Waals surface area contributed by atoms with E-state index in [4.69, 9.17) is 17.3 Å². The summed E-state index contributed by atoms with van der Waals surface area (Å²) in [5.41, 5.74) is 7.49. The second-order valence-electron chi connectivity index (χ2n) is 4.90. The molecule has 108 valence electrons. The third kappa shape index (κ3) is 3.52. The van der Waals surface area contributed by atoms with Crippen molar-refractivity contribution in [3.63, 3.8) is 0 Å². The zero-order valence-electron chi connectivity index (χ0n) is 11.7. The van der Waals surface area contributed by atoms with Gasteiger partial charge < -0.3 is 15.6 Å². The van der Waals surface area contributed by atoms with Crippen LogP contribution >= 0.6 is 11.6 Å². The Morgan fingerprint density at radius 1 is 1.45 bits per heavy atom. The SMILES string of the molecule is CCCNCc1cn(CCC(N)=O)c2cc(Cl)ccc12. The number of nitrogens with one attached hydrogen (secondary N) is 1. The zero-order valence-corrected chi connectivity index (χ0v) is 12.4. The van der Waals surface area contributed by atoms with Gasteiger partial charge in [0.15, 0.2) is 0 Å². The largest absolute Gasteiger partial charge is 0.370 e. The summed E-state index contributed by atoms with van der Waals surface area (Å²) < 4.78 is 2.05. The highest BCUT2D eigenvalue weighted by molar-refractivity contribution is 6.31. The molecule has 0 unspecified atom stereocenters. The fraction of sp³-hybridized carbons (Fsp3) is 0.400. The van der Waals surface area contributed by atoms with Crippen molar-refractivity contribution < 1.29 is 4.79 Å². The van der Waals surface area contributed by atoms with Gasteiger partial charge in [0.1, 0.15) is 0 Å². The summed E-state index contributed by atoms with van der Waals surface area (Å²) in [6, 6.07) is 5.86. The maximum absolute atomic E-state index is 11.0. The van der Waals surface area contributed by atoms with Crippen LogP contribution in [0.4, 0.5) is 0 Å². The number of rotatable bonds is 7. The summed E-state index contributed by atoms with van der Waals surface area (Å²) in [4.78, 5) is 11.0. The van der Waals surface area contributed by atoms with E-state index in [2.05, 4.69) is 23.0 Å². The van der Waals surface area contributed by atoms with Gasteiger partial charge in [-0.2, -0.15) is 0 Å². The molecular formula is C15H20ClN3O. The molecule has 0 spiro atoms. The van der Waals surface area contributed by atoms with Gasteiger partial charge in [0.25, 0.3) is 0 Å². The lowest BCUT2D eigenvalue weighted by atomic mass is 10.2. The van der Waals surface area contributed by atoms with Crippen molar-refractivity contribution in [3.05, 3.63) is 35.0 Å². The fourth-order valence-electron chi connectivity index (χ4n) is 2.30. The molecule has 1 heterocycles. The van der Waals surface area contributed by atoms with Gasteiger partial charge in [0, 0.05) is 41.6 Å². The number of hydrogen-bond donors (Lipinski definition) is 2. The zero-order chi connectivity index (χ0) is 14.5. The average Bonchev–Trinajstić information content (AvgIpc) is 2.74. The van der Waals surface area contributed by atoms with Crippen molar-refractivity contribution >= 4 is 28.4 Å². The van der Waals surface area contributed by atoms with E-state index in [1.807, 2.05) is 18.2 Å². The Hall–Kier alpha value is -1.52. The Bertz CT molecular complexity index is 606. The van der Waals surface area contributed by atoms with Crippen LogP contribution in [-0.2, 0) is 17.9 Å². The monoisotopic (exact) mass is 293 g/mol. The minimum Gasteiger partial charge on any atom is -0.370 e. The predicted molar refractivity (Wildman–Crippen MR) is 82.8 cm³/mol. The summed E-state index contributed by atoms with van der Waals surface area (Å²) in [6.45, 7) is 4.53. The molecule has 0 radical (unpaired) electrons. The number of halogens is 1. The van der Waals surface area contributed by atoms with Crippen molar-refractivity contribution in [2.24, 2.45) is 5.73 Å². The number of nitrogens with zero attached hydrogens (tertiary/aromatic N) is 1. The molecule has 4 nitrogen and oxygen atoms in total. The first-order valence-corrected chi connectivity index (χ1v) is 7.26. The predicted octanol–water partition coefficient (Wildman–Crippen LogP) is 2.67. The number of primary amides is 1. The van der Waals surface area contributed by atoms with Crippen LogP contribution in [-0.4, -0.2) is 17.0 Å². The molecular weight excluding hydrogens is 274 g/mol. The smallest absolute Gasteiger partial charge is 0.219 e. The summed E-state index contributed by atoms with van der Waals surface area (Å²) in [7, 11) is 0. The quantitative estimate of drug-likeness (QED) is 0.771. The second-order valence-corrected chi connectivity index (χ2v) is 5.34. The van der Waals surface area contributed by atoms with Crippen molar-refractivity contribution in [1.82, 2.24) is 9.88 Å². The van der Waals surface area contributed by atoms with Gasteiger partial charge in [-0.25, -0.2) is 0 Å². The molecule has 1 amide bonds. The molecule has 1 aromatic heterocycles. The third-order valence-corrected chi connectivity index (χ3v) is 3.50. The molecule has 0 saturated heterocycles. The molecule has 20 heavy (non-hydrogen) atoms. The van der Waals surface area contributed by atoms with Crippen molar-refractivity contribution in [3.8, 4) is 0 Å². The van der Waals surface area contributed by atoms with Gasteiger partial charge in [-0.1, -0.05) is 24.6 Å². The standard InChI is InChI=1S/C15H20ClN3O/c1-2-6-18-9-11-10-19(7-5-15(17)20)14-8-12(16)3-4-13(11)14/h3-4,8,10,18H,2,5-7,9H2,1H3,(H2,17,20). The summed E-state index contributed by atoms with van der Waals surface area (Å²) in [5.74, 6) is -0.292. The minimum atomic E-state index is -0.292. The molecule has 5 heteroatoms. The Morgan fingerprint density at radius 2 is 2.25 bits per heavy atom. The number of hydrogen-bond acceptors (Lipinski definition) is 2. The molecule has 0 bridgehead atoms.